The monoisotopic (exact) mass is 608 g/mol. The highest BCUT2D eigenvalue weighted by atomic mass is 35.5. The van der Waals surface area contributed by atoms with E-state index in [0.717, 1.165) is 45.9 Å². The molecule has 2 aromatic heterocycles. The lowest BCUT2D eigenvalue weighted by Gasteiger charge is -2.31. The second kappa shape index (κ2) is 13.8. The highest BCUT2D eigenvalue weighted by molar-refractivity contribution is 7.92. The number of aryl methyl sites for hydroxylation is 3. The van der Waals surface area contributed by atoms with Crippen LogP contribution in [0.1, 0.15) is 30.7 Å². The maximum atomic E-state index is 13.5. The van der Waals surface area contributed by atoms with Gasteiger partial charge >= 0.3 is 0 Å². The number of hydrogen-bond donors (Lipinski definition) is 1. The number of amides is 1. The van der Waals surface area contributed by atoms with Gasteiger partial charge < -0.3 is 9.64 Å². The van der Waals surface area contributed by atoms with Crippen molar-refractivity contribution in [1.82, 2.24) is 19.6 Å². The summed E-state index contributed by atoms with van der Waals surface area (Å²) in [4.78, 5) is 21.7. The Bertz CT molecular complexity index is 1610. The molecule has 1 atom stereocenters. The summed E-state index contributed by atoms with van der Waals surface area (Å²) in [5.41, 5.74) is 3.05. The number of aromatic nitrogens is 4. The summed E-state index contributed by atoms with van der Waals surface area (Å²) in [6.45, 7) is 8.26. The van der Waals surface area contributed by atoms with Crippen molar-refractivity contribution < 1.29 is 26.7 Å². The first-order chi connectivity index (χ1) is 19.4. The van der Waals surface area contributed by atoms with Crippen molar-refractivity contribution in [2.24, 2.45) is 0 Å². The quantitative estimate of drug-likeness (QED) is 0.274. The van der Waals surface area contributed by atoms with Crippen molar-refractivity contribution >= 4 is 44.7 Å². The zero-order chi connectivity index (χ0) is 30.3. The molecular formula is C27H31ClF2N6O4S. The molecule has 1 N–H and O–H groups in total. The molecule has 0 saturated heterocycles. The minimum Gasteiger partial charge on any atom is -0.383 e. The number of fused-ring (bicyclic) bond motifs is 1. The molecular weight excluding hydrogens is 578 g/mol. The smallest absolute Gasteiger partial charge is 0.299 e. The van der Waals surface area contributed by atoms with Crippen LogP contribution in [0, 0.1) is 25.5 Å². The minimum atomic E-state index is -4.35. The predicted molar refractivity (Wildman–Crippen MR) is 153 cm³/mol. The van der Waals surface area contributed by atoms with E-state index in [1.54, 1.807) is 29.7 Å². The number of rotatable bonds is 9. The lowest BCUT2D eigenvalue weighted by molar-refractivity contribution is -0.116. The second-order valence-electron chi connectivity index (χ2n) is 9.05. The number of benzene rings is 2. The van der Waals surface area contributed by atoms with Crippen LogP contribution in [0.4, 0.5) is 20.2 Å². The number of nitrogens with one attached hydrogen (secondary N) is 1. The number of anilines is 2. The zero-order valence-corrected chi connectivity index (χ0v) is 24.8. The van der Waals surface area contributed by atoms with E-state index in [4.69, 9.17) is 16.3 Å². The molecule has 4 aromatic rings. The fourth-order valence-corrected chi connectivity index (χ4v) is 5.14. The van der Waals surface area contributed by atoms with Gasteiger partial charge in [0.05, 0.1) is 18.3 Å². The number of methoxy groups -OCH3 is 1. The van der Waals surface area contributed by atoms with Crippen LogP contribution in [0.2, 0.25) is 0 Å². The number of nitrogens with zero attached hydrogens (tertiary/aromatic N) is 5. The lowest BCUT2D eigenvalue weighted by Crippen LogP contribution is -2.43. The average Bonchev–Trinajstić information content (AvgIpc) is 3.36. The van der Waals surface area contributed by atoms with E-state index in [2.05, 4.69) is 28.1 Å². The van der Waals surface area contributed by atoms with Crippen molar-refractivity contribution in [2.45, 2.75) is 45.3 Å². The van der Waals surface area contributed by atoms with Gasteiger partial charge in [-0.2, -0.15) is 13.4 Å². The number of ether oxygens (including phenoxy) is 1. The van der Waals surface area contributed by atoms with Gasteiger partial charge in [-0.1, -0.05) is 31.2 Å². The standard InChI is InChI=1S/C15H22ClNO2.C12H9F2N5O2S/c1-5-13-8-6-7-11(2)15(13)17(14(18)9-16)12(3)10-19-4;1-7-5-6-19-11(15-7)16-12(17-19)22(20,21)18-10-8(13)3-2-4-9(10)14/h6-8,12H,5,9-10H2,1-4H3;2-6,18H,1H3. The molecule has 0 aliphatic rings. The molecule has 0 spiro atoms. The summed E-state index contributed by atoms with van der Waals surface area (Å²) >= 11 is 5.76. The van der Waals surface area contributed by atoms with Crippen LogP contribution in [0.25, 0.3) is 5.78 Å². The zero-order valence-electron chi connectivity index (χ0n) is 23.2. The van der Waals surface area contributed by atoms with E-state index in [-0.39, 0.29) is 23.6 Å². The number of carbonyl (C=O) groups excluding carboxylic acids is 1. The molecule has 1 unspecified atom stereocenters. The summed E-state index contributed by atoms with van der Waals surface area (Å²) in [5, 5.41) is 3.10. The Morgan fingerprint density at radius 2 is 1.78 bits per heavy atom. The molecule has 2 heterocycles. The third kappa shape index (κ3) is 7.54. The van der Waals surface area contributed by atoms with E-state index in [1.165, 1.54) is 6.20 Å². The Morgan fingerprint density at radius 1 is 1.12 bits per heavy atom. The minimum absolute atomic E-state index is 0.0223. The van der Waals surface area contributed by atoms with Gasteiger partial charge in [0.15, 0.2) is 0 Å². The number of halogens is 3. The van der Waals surface area contributed by atoms with E-state index >= 15 is 0 Å². The van der Waals surface area contributed by atoms with Crippen LogP contribution in [0.5, 0.6) is 0 Å². The molecule has 0 aliphatic carbocycles. The Kier molecular flexibility index (Phi) is 10.7. The Labute approximate surface area is 242 Å². The molecule has 4 rings (SSSR count). The Balaban J connectivity index is 0.000000229. The maximum Gasteiger partial charge on any atom is 0.299 e. The van der Waals surface area contributed by atoms with Crippen molar-refractivity contribution in [3.8, 4) is 0 Å². The van der Waals surface area contributed by atoms with Gasteiger partial charge in [0.25, 0.3) is 21.0 Å². The van der Waals surface area contributed by atoms with Crippen LogP contribution >= 0.6 is 11.6 Å². The SMILES string of the molecule is CCc1cccc(C)c1N(C(=O)CCl)C(C)COC.Cc1ccn2nc(S(=O)(=O)Nc3c(F)cccc3F)nc2n1. The van der Waals surface area contributed by atoms with Crippen LogP contribution < -0.4 is 9.62 Å². The molecule has 0 bridgehead atoms. The van der Waals surface area contributed by atoms with E-state index < -0.39 is 32.5 Å². The molecule has 10 nitrogen and oxygen atoms in total. The number of carbonyl (C=O) groups is 1. The van der Waals surface area contributed by atoms with Crippen LogP contribution in [-0.2, 0) is 26.0 Å². The first-order valence-corrected chi connectivity index (χ1v) is 14.6. The van der Waals surface area contributed by atoms with Crippen molar-refractivity contribution in [2.75, 3.05) is 29.2 Å². The summed E-state index contributed by atoms with van der Waals surface area (Å²) in [5.74, 6) is -2.13. The third-order valence-electron chi connectivity index (χ3n) is 5.94. The first kappa shape index (κ1) is 31.8. The molecule has 0 aliphatic heterocycles. The molecule has 1 amide bonds. The molecule has 220 valence electrons. The molecule has 14 heteroatoms. The fraction of sp³-hybridized carbons (Fsp3) is 0.333. The topological polar surface area (TPSA) is 119 Å². The van der Waals surface area contributed by atoms with Crippen LogP contribution in [-0.4, -0.2) is 59.5 Å². The largest absolute Gasteiger partial charge is 0.383 e. The third-order valence-corrected chi connectivity index (χ3v) is 7.30. The van der Waals surface area contributed by atoms with Gasteiger partial charge in [0.2, 0.25) is 5.91 Å². The maximum absolute atomic E-state index is 13.5. The summed E-state index contributed by atoms with van der Waals surface area (Å²) < 4.78 is 59.5. The predicted octanol–water partition coefficient (Wildman–Crippen LogP) is 4.68. The van der Waals surface area contributed by atoms with E-state index in [0.29, 0.717) is 12.3 Å². The van der Waals surface area contributed by atoms with Gasteiger partial charge in [-0.3, -0.25) is 9.52 Å². The van der Waals surface area contributed by atoms with Gasteiger partial charge in [0, 0.05) is 19.0 Å². The molecule has 0 saturated carbocycles. The Morgan fingerprint density at radius 3 is 2.39 bits per heavy atom. The van der Waals surface area contributed by atoms with Crippen molar-refractivity contribution in [3.63, 3.8) is 0 Å². The number of hydrogen-bond acceptors (Lipinski definition) is 7. The van der Waals surface area contributed by atoms with E-state index in [1.807, 2.05) is 26.0 Å². The first-order valence-electron chi connectivity index (χ1n) is 12.6. The summed E-state index contributed by atoms with van der Waals surface area (Å²) in [6.07, 6.45) is 2.36. The molecule has 2 aromatic carbocycles. The molecule has 41 heavy (non-hydrogen) atoms. The second-order valence-corrected chi connectivity index (χ2v) is 10.9. The van der Waals surface area contributed by atoms with Gasteiger partial charge in [0.1, 0.15) is 23.2 Å². The highest BCUT2D eigenvalue weighted by Crippen LogP contribution is 2.28. The van der Waals surface area contributed by atoms with Crippen LogP contribution in [0.15, 0.2) is 53.8 Å². The summed E-state index contributed by atoms with van der Waals surface area (Å²) in [7, 11) is -2.71. The summed E-state index contributed by atoms with van der Waals surface area (Å²) in [6, 6.07) is 10.6. The van der Waals surface area contributed by atoms with E-state index in [9.17, 15) is 22.0 Å². The molecule has 0 fully saturated rings. The van der Waals surface area contributed by atoms with Gasteiger partial charge in [-0.15, -0.1) is 16.7 Å². The average molecular weight is 609 g/mol. The van der Waals surface area contributed by atoms with Crippen LogP contribution in [0.3, 0.4) is 0 Å². The number of sulfonamides is 1. The Hall–Kier alpha value is -3.68. The fourth-order valence-electron chi connectivity index (χ4n) is 4.06. The lowest BCUT2D eigenvalue weighted by atomic mass is 10.0. The number of para-hydroxylation sites is 2. The van der Waals surface area contributed by atoms with Gasteiger partial charge in [-0.05, 0) is 56.5 Å². The normalized spacial score (nSPS) is 12.0. The highest BCUT2D eigenvalue weighted by Gasteiger charge is 2.25. The van der Waals surface area contributed by atoms with Crippen molar-refractivity contribution in [3.05, 3.63) is 77.1 Å². The van der Waals surface area contributed by atoms with Crippen molar-refractivity contribution in [1.29, 1.82) is 0 Å². The van der Waals surface area contributed by atoms with Gasteiger partial charge in [-0.25, -0.2) is 18.3 Å². The molecule has 0 radical (unpaired) electrons. The number of alkyl halides is 1.